The zero-order valence-electron chi connectivity index (χ0n) is 11.0. The molecule has 2 saturated heterocycles. The number of carbonyl (C=O) groups excluding carboxylic acids is 1. The minimum absolute atomic E-state index is 0.0534. The molecule has 0 radical (unpaired) electrons. The molecule has 2 aliphatic heterocycles. The summed E-state index contributed by atoms with van der Waals surface area (Å²) >= 11 is 1.77. The third kappa shape index (κ3) is 4.38. The summed E-state index contributed by atoms with van der Waals surface area (Å²) in [5.74, 6) is 0.558. The van der Waals surface area contributed by atoms with E-state index in [1.54, 1.807) is 11.8 Å². The molecule has 6 heteroatoms. The molecule has 1 N–H and O–H groups in total. The van der Waals surface area contributed by atoms with E-state index in [-0.39, 0.29) is 30.3 Å². The first-order chi connectivity index (χ1) is 9.16. The van der Waals surface area contributed by atoms with Gasteiger partial charge in [0.1, 0.15) is 0 Å². The molecule has 2 aliphatic rings. The molecule has 0 aromatic heterocycles. The Bertz CT molecular complexity index is 323. The number of ether oxygens (including phenoxy) is 1. The number of aliphatic carboxylic acids is 1. The highest BCUT2D eigenvalue weighted by molar-refractivity contribution is 8.00. The Morgan fingerprint density at radius 3 is 2.58 bits per heavy atom. The van der Waals surface area contributed by atoms with E-state index >= 15 is 0 Å². The lowest BCUT2D eigenvalue weighted by Gasteiger charge is -2.33. The number of thioether (sulfide) groups is 1. The monoisotopic (exact) mass is 287 g/mol. The van der Waals surface area contributed by atoms with Gasteiger partial charge in [0.2, 0.25) is 5.91 Å². The van der Waals surface area contributed by atoms with Crippen LogP contribution in [0.5, 0.6) is 0 Å². The number of hydrogen-bond donors (Lipinski definition) is 1. The van der Waals surface area contributed by atoms with Gasteiger partial charge in [-0.05, 0) is 31.4 Å². The van der Waals surface area contributed by atoms with Crippen molar-refractivity contribution in [3.8, 4) is 0 Å². The Balaban J connectivity index is 1.67. The van der Waals surface area contributed by atoms with Crippen LogP contribution in [0.2, 0.25) is 0 Å². The van der Waals surface area contributed by atoms with Crippen LogP contribution in [0.4, 0.5) is 0 Å². The van der Waals surface area contributed by atoms with Gasteiger partial charge in [-0.3, -0.25) is 9.59 Å². The molecule has 0 aromatic carbocycles. The van der Waals surface area contributed by atoms with E-state index in [0.717, 1.165) is 44.5 Å². The molecule has 1 atom stereocenters. The van der Waals surface area contributed by atoms with Crippen molar-refractivity contribution in [3.05, 3.63) is 0 Å². The maximum Gasteiger partial charge on any atom is 0.305 e. The van der Waals surface area contributed by atoms with Crippen molar-refractivity contribution in [2.75, 3.05) is 25.4 Å². The number of carboxylic acid groups (broad SMARTS) is 1. The second-order valence-corrected chi connectivity index (χ2v) is 6.35. The summed E-state index contributed by atoms with van der Waals surface area (Å²) in [5.41, 5.74) is 0. The van der Waals surface area contributed by atoms with Gasteiger partial charge < -0.3 is 14.7 Å². The van der Waals surface area contributed by atoms with Crippen LogP contribution >= 0.6 is 11.8 Å². The fraction of sp³-hybridized carbons (Fsp3) is 0.846. The first kappa shape index (κ1) is 14.7. The number of hydrogen-bond acceptors (Lipinski definition) is 4. The van der Waals surface area contributed by atoms with Crippen molar-refractivity contribution in [1.29, 1.82) is 0 Å². The molecule has 2 heterocycles. The number of nitrogens with zero attached hydrogens (tertiary/aromatic N) is 1. The van der Waals surface area contributed by atoms with Crippen molar-refractivity contribution >= 4 is 23.6 Å². The maximum absolute atomic E-state index is 12.2. The Hall–Kier alpha value is -0.750. The van der Waals surface area contributed by atoms with E-state index in [4.69, 9.17) is 9.84 Å². The van der Waals surface area contributed by atoms with Crippen molar-refractivity contribution in [2.45, 2.75) is 43.5 Å². The zero-order chi connectivity index (χ0) is 13.7. The Morgan fingerprint density at radius 1 is 1.26 bits per heavy atom. The van der Waals surface area contributed by atoms with Crippen LogP contribution in [-0.4, -0.2) is 58.7 Å². The lowest BCUT2D eigenvalue weighted by atomic mass is 10.1. The highest BCUT2D eigenvalue weighted by Gasteiger charge is 2.30. The van der Waals surface area contributed by atoms with Crippen LogP contribution in [-0.2, 0) is 14.3 Å². The Morgan fingerprint density at radius 2 is 2.00 bits per heavy atom. The minimum Gasteiger partial charge on any atom is -0.481 e. The average Bonchev–Trinajstić information content (AvgIpc) is 2.92. The van der Waals surface area contributed by atoms with E-state index in [1.807, 2.05) is 4.90 Å². The van der Waals surface area contributed by atoms with Gasteiger partial charge in [-0.2, -0.15) is 0 Å². The summed E-state index contributed by atoms with van der Waals surface area (Å²) in [7, 11) is 0. The molecule has 0 bridgehead atoms. The predicted octanol–water partition coefficient (Wildman–Crippen LogP) is 1.36. The van der Waals surface area contributed by atoms with Gasteiger partial charge in [-0.25, -0.2) is 0 Å². The predicted molar refractivity (Wildman–Crippen MR) is 73.3 cm³/mol. The number of amides is 1. The van der Waals surface area contributed by atoms with Crippen LogP contribution in [0.25, 0.3) is 0 Å². The van der Waals surface area contributed by atoms with E-state index in [9.17, 15) is 9.59 Å². The molecular formula is C13H21NO4S. The molecule has 0 aromatic rings. The number of rotatable bonds is 5. The normalized spacial score (nSPS) is 24.6. The number of piperidine rings is 1. The third-order valence-corrected chi connectivity index (χ3v) is 4.99. The molecule has 0 aliphatic carbocycles. The van der Waals surface area contributed by atoms with Gasteiger partial charge in [-0.1, -0.05) is 0 Å². The standard InChI is InChI=1S/C13H21NO4S/c15-12(16)5-8-18-10-3-6-14(7-4-10)13(17)11-2-1-9-19-11/h10-11H,1-9H2,(H,15,16). The van der Waals surface area contributed by atoms with Gasteiger partial charge in [0.25, 0.3) is 0 Å². The minimum atomic E-state index is -0.828. The van der Waals surface area contributed by atoms with E-state index in [0.29, 0.717) is 0 Å². The number of carbonyl (C=O) groups is 2. The van der Waals surface area contributed by atoms with E-state index in [1.165, 1.54) is 0 Å². The van der Waals surface area contributed by atoms with Crippen molar-refractivity contribution in [2.24, 2.45) is 0 Å². The fourth-order valence-electron chi connectivity index (χ4n) is 2.53. The lowest BCUT2D eigenvalue weighted by molar-refractivity contribution is -0.139. The molecule has 2 rings (SSSR count). The zero-order valence-corrected chi connectivity index (χ0v) is 11.9. The summed E-state index contributed by atoms with van der Waals surface area (Å²) in [5, 5.41) is 8.71. The van der Waals surface area contributed by atoms with Crippen LogP contribution in [0.3, 0.4) is 0 Å². The Kier molecular flexibility index (Phi) is 5.51. The van der Waals surface area contributed by atoms with Crippen molar-refractivity contribution in [3.63, 3.8) is 0 Å². The van der Waals surface area contributed by atoms with E-state index < -0.39 is 5.97 Å². The first-order valence-electron chi connectivity index (χ1n) is 6.90. The van der Waals surface area contributed by atoms with Crippen molar-refractivity contribution < 1.29 is 19.4 Å². The molecular weight excluding hydrogens is 266 g/mol. The quantitative estimate of drug-likeness (QED) is 0.827. The molecule has 0 saturated carbocycles. The van der Waals surface area contributed by atoms with Gasteiger partial charge in [-0.15, -0.1) is 11.8 Å². The summed E-state index contributed by atoms with van der Waals surface area (Å²) in [4.78, 5) is 24.5. The Labute approximate surface area is 117 Å². The topological polar surface area (TPSA) is 66.8 Å². The second-order valence-electron chi connectivity index (χ2n) is 5.04. The van der Waals surface area contributed by atoms with Crippen LogP contribution < -0.4 is 0 Å². The molecule has 108 valence electrons. The maximum atomic E-state index is 12.2. The highest BCUT2D eigenvalue weighted by Crippen LogP contribution is 2.28. The number of likely N-dealkylation sites (tertiary alicyclic amines) is 1. The molecule has 19 heavy (non-hydrogen) atoms. The first-order valence-corrected chi connectivity index (χ1v) is 7.95. The average molecular weight is 287 g/mol. The lowest BCUT2D eigenvalue weighted by Crippen LogP contribution is -2.44. The number of carboxylic acids is 1. The second kappa shape index (κ2) is 7.14. The van der Waals surface area contributed by atoms with E-state index in [2.05, 4.69) is 0 Å². The molecule has 2 fully saturated rings. The van der Waals surface area contributed by atoms with Crippen molar-refractivity contribution in [1.82, 2.24) is 4.90 Å². The molecule has 0 spiro atoms. The van der Waals surface area contributed by atoms with Crippen LogP contribution in [0.1, 0.15) is 32.1 Å². The van der Waals surface area contributed by atoms with Gasteiger partial charge in [0.05, 0.1) is 24.4 Å². The summed E-state index contributed by atoms with van der Waals surface area (Å²) in [6, 6.07) is 0. The third-order valence-electron chi connectivity index (χ3n) is 3.63. The highest BCUT2D eigenvalue weighted by atomic mass is 32.2. The smallest absolute Gasteiger partial charge is 0.305 e. The van der Waals surface area contributed by atoms with Crippen LogP contribution in [0, 0.1) is 0 Å². The summed E-state index contributed by atoms with van der Waals surface area (Å²) in [6.07, 6.45) is 3.97. The summed E-state index contributed by atoms with van der Waals surface area (Å²) < 4.78 is 5.52. The fourth-order valence-corrected chi connectivity index (χ4v) is 3.77. The van der Waals surface area contributed by atoms with Crippen LogP contribution in [0.15, 0.2) is 0 Å². The summed E-state index contributed by atoms with van der Waals surface area (Å²) in [6.45, 7) is 1.76. The molecule has 1 amide bonds. The van der Waals surface area contributed by atoms with Gasteiger partial charge in [0, 0.05) is 13.1 Å². The largest absolute Gasteiger partial charge is 0.481 e. The van der Waals surface area contributed by atoms with Gasteiger partial charge >= 0.3 is 5.97 Å². The SMILES string of the molecule is O=C(O)CCOC1CCN(C(=O)C2CCCS2)CC1. The van der Waals surface area contributed by atoms with Gasteiger partial charge in [0.15, 0.2) is 0 Å². The molecule has 1 unspecified atom stereocenters. The molecule has 5 nitrogen and oxygen atoms in total.